The summed E-state index contributed by atoms with van der Waals surface area (Å²) >= 11 is 0. The number of nitrogens with zero attached hydrogens (tertiary/aromatic N) is 1. The molecule has 0 saturated heterocycles. The smallest absolute Gasteiger partial charge is 0.341 e. The van der Waals surface area contributed by atoms with Crippen LogP contribution >= 0.6 is 0 Å². The van der Waals surface area contributed by atoms with Crippen LogP contribution in [0.3, 0.4) is 0 Å². The molecule has 0 bridgehead atoms. The van der Waals surface area contributed by atoms with Gasteiger partial charge >= 0.3 is 16.1 Å². The minimum Gasteiger partial charge on any atom is -0.344 e. The van der Waals surface area contributed by atoms with E-state index in [1.54, 1.807) is 4.57 Å². The van der Waals surface area contributed by atoms with Crippen LogP contribution in [0.2, 0.25) is 0 Å². The first kappa shape index (κ1) is 20.8. The Bertz CT molecular complexity index is 1190. The highest BCUT2D eigenvalue weighted by Crippen LogP contribution is 2.37. The Morgan fingerprint density at radius 1 is 1.21 bits per heavy atom. The second kappa shape index (κ2) is 8.23. The van der Waals surface area contributed by atoms with E-state index in [9.17, 15) is 13.2 Å². The van der Waals surface area contributed by atoms with Gasteiger partial charge in [-0.05, 0) is 37.1 Å². The van der Waals surface area contributed by atoms with Gasteiger partial charge in [-0.1, -0.05) is 42.0 Å². The lowest BCUT2D eigenvalue weighted by molar-refractivity contribution is -0.134. The highest BCUT2D eigenvalue weighted by Gasteiger charge is 2.22. The number of fused-ring (bicyclic) bond motifs is 1. The van der Waals surface area contributed by atoms with E-state index in [0.29, 0.717) is 6.54 Å². The average molecular weight is 413 g/mol. The number of aryl methyl sites for hydroxylation is 1. The van der Waals surface area contributed by atoms with Gasteiger partial charge < -0.3 is 14.5 Å². The first-order chi connectivity index (χ1) is 13.8. The molecule has 152 valence electrons. The van der Waals surface area contributed by atoms with Gasteiger partial charge in [0.15, 0.2) is 0 Å². The third-order valence-corrected chi connectivity index (χ3v) is 5.90. The maximum absolute atomic E-state index is 12.4. The molecule has 0 amide bonds. The van der Waals surface area contributed by atoms with Crippen molar-refractivity contribution in [3.8, 4) is 11.1 Å². The topological polar surface area (TPSA) is 91.4 Å². The zero-order valence-corrected chi connectivity index (χ0v) is 17.3. The molecule has 1 aromatic heterocycles. The average Bonchev–Trinajstić information content (AvgIpc) is 2.92. The Hall–Kier alpha value is -2.90. The maximum Gasteiger partial charge on any atom is 0.341 e. The second-order valence-corrected chi connectivity index (χ2v) is 8.51. The van der Waals surface area contributed by atoms with E-state index in [1.807, 2.05) is 50.2 Å². The molecule has 3 aromatic rings. The van der Waals surface area contributed by atoms with Crippen LogP contribution in [-0.4, -0.2) is 24.7 Å². The number of carbonyl (C=O) groups excluding carboxylic acids is 1. The van der Waals surface area contributed by atoms with Crippen molar-refractivity contribution in [3.63, 3.8) is 0 Å². The molecule has 0 saturated carbocycles. The summed E-state index contributed by atoms with van der Waals surface area (Å²) in [5.74, 6) is -1.26. The van der Waals surface area contributed by atoms with Crippen LogP contribution < -0.4 is 5.73 Å². The van der Waals surface area contributed by atoms with Crippen LogP contribution in [0.25, 0.3) is 22.0 Å². The molecule has 0 aliphatic rings. The van der Waals surface area contributed by atoms with Gasteiger partial charge in [-0.15, -0.1) is 6.58 Å². The SMILES string of the molecule is C=CCS(=O)(=O)OC(=O)Cn1c(C)c(-c2ccccc2CN)c2cc(C)ccc21. The fraction of sp³-hybridized carbons (Fsp3) is 0.227. The van der Waals surface area contributed by atoms with Crippen molar-refractivity contribution >= 4 is 27.0 Å². The number of rotatable bonds is 7. The lowest BCUT2D eigenvalue weighted by atomic mass is 9.96. The molecule has 2 N–H and O–H groups in total. The summed E-state index contributed by atoms with van der Waals surface area (Å²) in [5, 5.41) is 0.977. The summed E-state index contributed by atoms with van der Waals surface area (Å²) < 4.78 is 30.1. The summed E-state index contributed by atoms with van der Waals surface area (Å²) in [5.41, 5.74) is 11.7. The zero-order valence-electron chi connectivity index (χ0n) is 16.5. The highest BCUT2D eigenvalue weighted by atomic mass is 32.2. The van der Waals surface area contributed by atoms with Crippen molar-refractivity contribution in [2.45, 2.75) is 26.9 Å². The maximum atomic E-state index is 12.4. The number of hydrogen-bond donors (Lipinski definition) is 1. The van der Waals surface area contributed by atoms with Gasteiger partial charge in [0.05, 0.1) is 0 Å². The fourth-order valence-electron chi connectivity index (χ4n) is 3.56. The van der Waals surface area contributed by atoms with Crippen molar-refractivity contribution in [1.82, 2.24) is 4.57 Å². The molecule has 6 nitrogen and oxygen atoms in total. The lowest BCUT2D eigenvalue weighted by Gasteiger charge is -2.10. The van der Waals surface area contributed by atoms with E-state index < -0.39 is 21.8 Å². The minimum absolute atomic E-state index is 0.216. The van der Waals surface area contributed by atoms with E-state index in [1.165, 1.54) is 6.08 Å². The second-order valence-electron chi connectivity index (χ2n) is 6.90. The van der Waals surface area contributed by atoms with Crippen LogP contribution in [0.1, 0.15) is 16.8 Å². The fourth-order valence-corrected chi connectivity index (χ4v) is 4.25. The Balaban J connectivity index is 2.13. The van der Waals surface area contributed by atoms with Gasteiger partial charge in [0.1, 0.15) is 12.3 Å². The highest BCUT2D eigenvalue weighted by molar-refractivity contribution is 7.87. The standard InChI is InChI=1S/C22H24N2O4S/c1-4-11-29(26,27)28-21(25)14-24-16(3)22(18-8-6-5-7-17(18)13-23)19-12-15(2)9-10-20(19)24/h4-10,12H,1,11,13-14,23H2,2-3H3. The van der Waals surface area contributed by atoms with Gasteiger partial charge in [0.25, 0.3) is 0 Å². The largest absolute Gasteiger partial charge is 0.344 e. The van der Waals surface area contributed by atoms with E-state index in [2.05, 4.69) is 12.6 Å². The number of hydrogen-bond acceptors (Lipinski definition) is 5. The summed E-state index contributed by atoms with van der Waals surface area (Å²) in [6.45, 7) is 7.44. The number of nitrogens with two attached hydrogens (primary N) is 1. The number of aromatic nitrogens is 1. The zero-order chi connectivity index (χ0) is 21.2. The Labute approximate surface area is 170 Å². The Morgan fingerprint density at radius 3 is 2.62 bits per heavy atom. The Kier molecular flexibility index (Phi) is 5.91. The van der Waals surface area contributed by atoms with Crippen LogP contribution in [-0.2, 0) is 32.2 Å². The molecule has 0 fully saturated rings. The molecule has 0 aliphatic carbocycles. The molecule has 0 radical (unpaired) electrons. The lowest BCUT2D eigenvalue weighted by Crippen LogP contribution is -2.20. The van der Waals surface area contributed by atoms with E-state index in [-0.39, 0.29) is 6.54 Å². The van der Waals surface area contributed by atoms with E-state index in [4.69, 9.17) is 9.92 Å². The van der Waals surface area contributed by atoms with E-state index in [0.717, 1.165) is 38.9 Å². The first-order valence-corrected chi connectivity index (χ1v) is 10.8. The summed E-state index contributed by atoms with van der Waals surface area (Å²) in [6.07, 6.45) is 1.18. The van der Waals surface area contributed by atoms with Crippen molar-refractivity contribution in [2.24, 2.45) is 5.73 Å². The molecule has 1 heterocycles. The van der Waals surface area contributed by atoms with Gasteiger partial charge in [0, 0.05) is 28.7 Å². The van der Waals surface area contributed by atoms with Crippen molar-refractivity contribution in [2.75, 3.05) is 5.75 Å². The van der Waals surface area contributed by atoms with Crippen molar-refractivity contribution < 1.29 is 17.4 Å². The number of carbonyl (C=O) groups is 1. The first-order valence-electron chi connectivity index (χ1n) is 9.21. The molecular formula is C22H24N2O4S. The third kappa shape index (κ3) is 4.26. The number of benzene rings is 2. The molecule has 29 heavy (non-hydrogen) atoms. The molecule has 3 rings (SSSR count). The van der Waals surface area contributed by atoms with Crippen LogP contribution in [0.5, 0.6) is 0 Å². The molecule has 0 aliphatic heterocycles. The summed E-state index contributed by atoms with van der Waals surface area (Å²) in [7, 11) is -3.98. The minimum atomic E-state index is -3.98. The Morgan fingerprint density at radius 2 is 1.93 bits per heavy atom. The van der Waals surface area contributed by atoms with Gasteiger partial charge in [-0.3, -0.25) is 0 Å². The van der Waals surface area contributed by atoms with Crippen molar-refractivity contribution in [3.05, 3.63) is 71.9 Å². The normalized spacial score (nSPS) is 11.6. The predicted molar refractivity (Wildman–Crippen MR) is 115 cm³/mol. The molecule has 2 aromatic carbocycles. The monoisotopic (exact) mass is 412 g/mol. The molecule has 0 atom stereocenters. The van der Waals surface area contributed by atoms with Gasteiger partial charge in [-0.2, -0.15) is 8.42 Å². The quantitative estimate of drug-likeness (QED) is 0.474. The molecular weight excluding hydrogens is 388 g/mol. The third-order valence-electron chi connectivity index (χ3n) is 4.81. The summed E-state index contributed by atoms with van der Waals surface area (Å²) in [4.78, 5) is 12.4. The van der Waals surface area contributed by atoms with Crippen LogP contribution in [0.4, 0.5) is 0 Å². The van der Waals surface area contributed by atoms with Gasteiger partial charge in [0.2, 0.25) is 0 Å². The van der Waals surface area contributed by atoms with Gasteiger partial charge in [-0.25, -0.2) is 4.79 Å². The summed E-state index contributed by atoms with van der Waals surface area (Å²) in [6, 6.07) is 13.8. The van der Waals surface area contributed by atoms with Crippen LogP contribution in [0.15, 0.2) is 55.1 Å². The predicted octanol–water partition coefficient (Wildman–Crippen LogP) is 3.44. The molecule has 0 spiro atoms. The van der Waals surface area contributed by atoms with Crippen molar-refractivity contribution in [1.29, 1.82) is 0 Å². The molecule has 0 unspecified atom stereocenters. The van der Waals surface area contributed by atoms with E-state index >= 15 is 0 Å². The molecule has 7 heteroatoms. The van der Waals surface area contributed by atoms with Crippen LogP contribution in [0, 0.1) is 13.8 Å².